The Labute approximate surface area is 107 Å². The average Bonchev–Trinajstić information content (AvgIpc) is 2.76. The second-order valence-electron chi connectivity index (χ2n) is 5.62. The van der Waals surface area contributed by atoms with Crippen LogP contribution in [-0.2, 0) is 10.2 Å². The number of thiophene rings is 1. The van der Waals surface area contributed by atoms with Crippen LogP contribution in [0.2, 0.25) is 0 Å². The first kappa shape index (κ1) is 13.0. The van der Waals surface area contributed by atoms with Crippen molar-refractivity contribution < 1.29 is 9.84 Å². The Bertz CT molecular complexity index is 339. The molecule has 1 saturated heterocycles. The van der Waals surface area contributed by atoms with E-state index in [9.17, 15) is 5.11 Å². The summed E-state index contributed by atoms with van der Waals surface area (Å²) in [5.41, 5.74) is 0.112. The van der Waals surface area contributed by atoms with E-state index in [0.717, 1.165) is 13.1 Å². The Morgan fingerprint density at radius 2 is 2.29 bits per heavy atom. The van der Waals surface area contributed by atoms with Crippen molar-refractivity contribution in [2.75, 3.05) is 32.9 Å². The Morgan fingerprint density at radius 3 is 2.76 bits per heavy atom. The summed E-state index contributed by atoms with van der Waals surface area (Å²) in [5, 5.41) is 14.9. The van der Waals surface area contributed by atoms with Gasteiger partial charge in [0.25, 0.3) is 0 Å². The van der Waals surface area contributed by atoms with Crippen molar-refractivity contribution in [2.45, 2.75) is 19.3 Å². The fourth-order valence-electron chi connectivity index (χ4n) is 2.03. The predicted octanol–water partition coefficient (Wildman–Crippen LogP) is 1.62. The molecular weight excluding hydrogens is 234 g/mol. The third-order valence-electron chi connectivity index (χ3n) is 3.41. The highest BCUT2D eigenvalue weighted by atomic mass is 32.1. The Hall–Kier alpha value is -0.420. The molecule has 0 atom stereocenters. The second-order valence-corrected chi connectivity index (χ2v) is 6.56. The monoisotopic (exact) mass is 255 g/mol. The topological polar surface area (TPSA) is 41.5 Å². The second kappa shape index (κ2) is 5.06. The third kappa shape index (κ3) is 2.88. The van der Waals surface area contributed by atoms with Gasteiger partial charge in [-0.3, -0.25) is 0 Å². The Kier molecular flexibility index (Phi) is 3.88. The van der Waals surface area contributed by atoms with E-state index >= 15 is 0 Å². The van der Waals surface area contributed by atoms with Crippen LogP contribution in [0.1, 0.15) is 18.7 Å². The first-order valence-electron chi connectivity index (χ1n) is 6.01. The minimum absolute atomic E-state index is 0.0362. The molecule has 17 heavy (non-hydrogen) atoms. The first-order chi connectivity index (χ1) is 8.08. The van der Waals surface area contributed by atoms with E-state index in [1.165, 1.54) is 4.88 Å². The van der Waals surface area contributed by atoms with Gasteiger partial charge in [-0.05, 0) is 11.4 Å². The van der Waals surface area contributed by atoms with Gasteiger partial charge in [0.15, 0.2) is 0 Å². The number of hydrogen-bond donors (Lipinski definition) is 2. The molecule has 1 aliphatic heterocycles. The maximum Gasteiger partial charge on any atom is 0.0579 e. The number of ether oxygens (including phenoxy) is 1. The van der Waals surface area contributed by atoms with Crippen molar-refractivity contribution in [3.63, 3.8) is 0 Å². The summed E-state index contributed by atoms with van der Waals surface area (Å²) in [6, 6.07) is 4.28. The summed E-state index contributed by atoms with van der Waals surface area (Å²) < 4.78 is 5.19. The lowest BCUT2D eigenvalue weighted by molar-refractivity contribution is -0.134. The number of hydrogen-bond acceptors (Lipinski definition) is 4. The molecule has 1 aliphatic rings. The molecular formula is C13H21NO2S. The lowest BCUT2D eigenvalue weighted by Gasteiger charge is -2.40. The van der Waals surface area contributed by atoms with E-state index in [-0.39, 0.29) is 17.4 Å². The SMILES string of the molecule is CC(C)(CNCC1(CO)COC1)c1cccs1. The standard InChI is InChI=1S/C13H21NO2S/c1-12(2,11-4-3-5-17-11)6-14-7-13(8-15)9-16-10-13/h3-5,14-15H,6-10H2,1-2H3. The van der Waals surface area contributed by atoms with Gasteiger partial charge in [-0.1, -0.05) is 19.9 Å². The molecule has 3 nitrogen and oxygen atoms in total. The Morgan fingerprint density at radius 1 is 1.53 bits per heavy atom. The lowest BCUT2D eigenvalue weighted by atomic mass is 9.86. The molecule has 0 aliphatic carbocycles. The van der Waals surface area contributed by atoms with Crippen LogP contribution in [0.4, 0.5) is 0 Å². The molecule has 4 heteroatoms. The molecule has 0 unspecified atom stereocenters. The Balaban J connectivity index is 1.82. The summed E-state index contributed by atoms with van der Waals surface area (Å²) in [7, 11) is 0. The fraction of sp³-hybridized carbons (Fsp3) is 0.692. The largest absolute Gasteiger partial charge is 0.396 e. The minimum atomic E-state index is -0.0362. The van der Waals surface area contributed by atoms with E-state index < -0.39 is 0 Å². The van der Waals surface area contributed by atoms with Crippen LogP contribution in [0.25, 0.3) is 0 Å². The summed E-state index contributed by atoms with van der Waals surface area (Å²) >= 11 is 1.80. The van der Waals surface area contributed by atoms with Crippen molar-refractivity contribution in [3.05, 3.63) is 22.4 Å². The maximum absolute atomic E-state index is 9.33. The summed E-state index contributed by atoms with van der Waals surface area (Å²) in [6.45, 7) is 7.81. The zero-order chi connectivity index (χ0) is 12.4. The molecule has 0 amide bonds. The number of aliphatic hydroxyl groups is 1. The van der Waals surface area contributed by atoms with Gasteiger partial charge in [0.2, 0.25) is 0 Å². The van der Waals surface area contributed by atoms with Crippen molar-refractivity contribution in [2.24, 2.45) is 5.41 Å². The van der Waals surface area contributed by atoms with Gasteiger partial charge in [-0.2, -0.15) is 0 Å². The van der Waals surface area contributed by atoms with Gasteiger partial charge in [0.05, 0.1) is 25.2 Å². The molecule has 2 heterocycles. The smallest absolute Gasteiger partial charge is 0.0579 e. The van der Waals surface area contributed by atoms with E-state index in [1.807, 2.05) is 0 Å². The fourth-order valence-corrected chi connectivity index (χ4v) is 2.88. The highest BCUT2D eigenvalue weighted by molar-refractivity contribution is 7.10. The summed E-state index contributed by atoms with van der Waals surface area (Å²) in [5.74, 6) is 0. The van der Waals surface area contributed by atoms with Crippen LogP contribution in [0.5, 0.6) is 0 Å². The van der Waals surface area contributed by atoms with Gasteiger partial charge in [0, 0.05) is 23.4 Å². The minimum Gasteiger partial charge on any atom is -0.396 e. The normalized spacial score (nSPS) is 19.0. The van der Waals surface area contributed by atoms with Gasteiger partial charge >= 0.3 is 0 Å². The summed E-state index contributed by atoms with van der Waals surface area (Å²) in [6.07, 6.45) is 0. The van der Waals surface area contributed by atoms with Gasteiger partial charge in [-0.15, -0.1) is 11.3 Å². The van der Waals surface area contributed by atoms with E-state index in [0.29, 0.717) is 13.2 Å². The molecule has 96 valence electrons. The van der Waals surface area contributed by atoms with Crippen molar-refractivity contribution in [3.8, 4) is 0 Å². The molecule has 2 rings (SSSR count). The number of nitrogens with one attached hydrogen (secondary N) is 1. The lowest BCUT2D eigenvalue weighted by Crippen LogP contribution is -2.53. The summed E-state index contributed by atoms with van der Waals surface area (Å²) in [4.78, 5) is 1.40. The van der Waals surface area contributed by atoms with Crippen LogP contribution in [-0.4, -0.2) is 38.0 Å². The van der Waals surface area contributed by atoms with E-state index in [2.05, 4.69) is 36.7 Å². The molecule has 0 radical (unpaired) electrons. The molecule has 0 bridgehead atoms. The zero-order valence-electron chi connectivity index (χ0n) is 10.5. The number of rotatable bonds is 6. The molecule has 0 saturated carbocycles. The van der Waals surface area contributed by atoms with Crippen LogP contribution in [0.15, 0.2) is 17.5 Å². The molecule has 0 aromatic carbocycles. The molecule has 2 N–H and O–H groups in total. The van der Waals surface area contributed by atoms with Crippen molar-refractivity contribution >= 4 is 11.3 Å². The predicted molar refractivity (Wildman–Crippen MR) is 70.6 cm³/mol. The number of aliphatic hydroxyl groups excluding tert-OH is 1. The molecule has 1 fully saturated rings. The van der Waals surface area contributed by atoms with Gasteiger partial charge < -0.3 is 15.2 Å². The van der Waals surface area contributed by atoms with Crippen LogP contribution in [0, 0.1) is 5.41 Å². The average molecular weight is 255 g/mol. The highest BCUT2D eigenvalue weighted by Crippen LogP contribution is 2.28. The highest BCUT2D eigenvalue weighted by Gasteiger charge is 2.38. The van der Waals surface area contributed by atoms with Gasteiger partial charge in [-0.25, -0.2) is 0 Å². The third-order valence-corrected chi connectivity index (χ3v) is 4.64. The molecule has 0 spiro atoms. The molecule has 1 aromatic rings. The van der Waals surface area contributed by atoms with Crippen molar-refractivity contribution in [1.29, 1.82) is 0 Å². The van der Waals surface area contributed by atoms with Gasteiger partial charge in [0.1, 0.15) is 0 Å². The van der Waals surface area contributed by atoms with Crippen LogP contribution >= 0.6 is 11.3 Å². The first-order valence-corrected chi connectivity index (χ1v) is 6.89. The zero-order valence-corrected chi connectivity index (χ0v) is 11.3. The van der Waals surface area contributed by atoms with Crippen LogP contribution in [0.3, 0.4) is 0 Å². The van der Waals surface area contributed by atoms with E-state index in [1.54, 1.807) is 11.3 Å². The van der Waals surface area contributed by atoms with Crippen molar-refractivity contribution in [1.82, 2.24) is 5.32 Å². The quantitative estimate of drug-likeness (QED) is 0.812. The molecule has 1 aromatic heterocycles. The van der Waals surface area contributed by atoms with E-state index in [4.69, 9.17) is 4.74 Å². The van der Waals surface area contributed by atoms with Crippen LogP contribution < -0.4 is 5.32 Å². The maximum atomic E-state index is 9.33.